The number of carbonyl (C=O) groups is 1. The van der Waals surface area contributed by atoms with E-state index in [1.807, 2.05) is 69.6 Å². The van der Waals surface area contributed by atoms with Crippen molar-refractivity contribution >= 4 is 17.0 Å². The van der Waals surface area contributed by atoms with Crippen molar-refractivity contribution in [3.8, 4) is 5.69 Å². The average Bonchev–Trinajstić information content (AvgIpc) is 2.91. The van der Waals surface area contributed by atoms with Crippen LogP contribution in [0.5, 0.6) is 0 Å². The van der Waals surface area contributed by atoms with Crippen molar-refractivity contribution in [2.45, 2.75) is 51.8 Å². The van der Waals surface area contributed by atoms with Gasteiger partial charge in [-0.2, -0.15) is 5.10 Å². The first kappa shape index (κ1) is 20.3. The Morgan fingerprint density at radius 2 is 2.00 bits per heavy atom. The highest BCUT2D eigenvalue weighted by molar-refractivity contribution is 7.84. The van der Waals surface area contributed by atoms with Gasteiger partial charge in [-0.25, -0.2) is 13.6 Å². The number of ether oxygens (including phenoxy) is 1. The van der Waals surface area contributed by atoms with Crippen molar-refractivity contribution in [1.29, 1.82) is 0 Å². The number of methoxy groups -OCH3 is 1. The smallest absolute Gasteiger partial charge is 0.307 e. The standard InChI is InChI=1S/C19H27N3O3S/c1-13-10-14(2)22(20-13)16-9-7-8-15(11-16)17(12-18(23)25-6)21-26(24)19(3,4)5/h7-11,17,21H,12H2,1-6H3/t17-,26+/m0/s1. The first-order valence-corrected chi connectivity index (χ1v) is 9.65. The monoisotopic (exact) mass is 377 g/mol. The van der Waals surface area contributed by atoms with Gasteiger partial charge < -0.3 is 4.74 Å². The van der Waals surface area contributed by atoms with Gasteiger partial charge in [-0.3, -0.25) is 4.79 Å². The molecular weight excluding hydrogens is 350 g/mol. The minimum atomic E-state index is -1.32. The minimum Gasteiger partial charge on any atom is -0.469 e. The molecule has 1 aromatic heterocycles. The minimum absolute atomic E-state index is 0.0961. The largest absolute Gasteiger partial charge is 0.469 e. The number of esters is 1. The molecule has 0 fully saturated rings. The molecule has 2 rings (SSSR count). The van der Waals surface area contributed by atoms with Gasteiger partial charge in [0.2, 0.25) is 0 Å². The SMILES string of the molecule is COC(=O)C[C@H](N[S@](=O)C(C)(C)C)c1cccc(-n2nc(C)cc2C)c1. The van der Waals surface area contributed by atoms with E-state index in [-0.39, 0.29) is 12.4 Å². The lowest BCUT2D eigenvalue weighted by atomic mass is 10.0. The number of carbonyl (C=O) groups excluding carboxylic acids is 1. The van der Waals surface area contributed by atoms with Crippen molar-refractivity contribution in [3.63, 3.8) is 0 Å². The predicted octanol–water partition coefficient (Wildman–Crippen LogP) is 3.15. The molecule has 0 unspecified atom stereocenters. The van der Waals surface area contributed by atoms with E-state index in [1.54, 1.807) is 0 Å². The number of aromatic nitrogens is 2. The van der Waals surface area contributed by atoms with Crippen LogP contribution in [-0.2, 0) is 20.5 Å². The van der Waals surface area contributed by atoms with E-state index in [9.17, 15) is 9.00 Å². The summed E-state index contributed by atoms with van der Waals surface area (Å²) in [6, 6.07) is 9.33. The second-order valence-electron chi connectivity index (χ2n) is 7.27. The number of rotatable bonds is 6. The van der Waals surface area contributed by atoms with E-state index >= 15 is 0 Å². The molecule has 0 amide bonds. The molecule has 2 atom stereocenters. The fraction of sp³-hybridized carbons (Fsp3) is 0.474. The molecule has 26 heavy (non-hydrogen) atoms. The van der Waals surface area contributed by atoms with Crippen LogP contribution < -0.4 is 4.72 Å². The van der Waals surface area contributed by atoms with Crippen molar-refractivity contribution in [2.75, 3.05) is 7.11 Å². The third-order valence-electron chi connectivity index (χ3n) is 3.93. The van der Waals surface area contributed by atoms with E-state index in [4.69, 9.17) is 4.74 Å². The molecule has 0 radical (unpaired) electrons. The summed E-state index contributed by atoms with van der Waals surface area (Å²) in [5.74, 6) is -0.357. The molecule has 0 aliphatic heterocycles. The summed E-state index contributed by atoms with van der Waals surface area (Å²) in [7, 11) is 0.0357. The molecule has 2 aromatic rings. The van der Waals surface area contributed by atoms with Gasteiger partial charge in [0.05, 0.1) is 46.7 Å². The van der Waals surface area contributed by atoms with E-state index in [0.29, 0.717) is 0 Å². The summed E-state index contributed by atoms with van der Waals surface area (Å²) in [6.07, 6.45) is 0.0961. The lowest BCUT2D eigenvalue weighted by Crippen LogP contribution is -2.36. The van der Waals surface area contributed by atoms with Crippen LogP contribution in [0.4, 0.5) is 0 Å². The Kier molecular flexibility index (Phi) is 6.36. The molecule has 0 spiro atoms. The quantitative estimate of drug-likeness (QED) is 0.785. The Labute approximate surface area is 157 Å². The second-order valence-corrected chi connectivity index (χ2v) is 9.26. The summed E-state index contributed by atoms with van der Waals surface area (Å²) in [6.45, 7) is 9.60. The second kappa shape index (κ2) is 8.14. The Bertz CT molecular complexity index is 809. The maximum absolute atomic E-state index is 12.6. The van der Waals surface area contributed by atoms with Gasteiger partial charge in [0, 0.05) is 5.69 Å². The van der Waals surface area contributed by atoms with E-state index in [2.05, 4.69) is 9.82 Å². The molecule has 0 saturated heterocycles. The molecule has 6 nitrogen and oxygen atoms in total. The normalized spacial score (nSPS) is 14.1. The summed E-state index contributed by atoms with van der Waals surface area (Å²) in [5, 5.41) is 4.50. The first-order chi connectivity index (χ1) is 12.1. The van der Waals surface area contributed by atoms with Crippen LogP contribution >= 0.6 is 0 Å². The summed E-state index contributed by atoms with van der Waals surface area (Å²) < 4.78 is 21.9. The molecule has 0 aliphatic carbocycles. The molecule has 0 saturated carbocycles. The molecular formula is C19H27N3O3S. The molecule has 1 N–H and O–H groups in total. The van der Waals surface area contributed by atoms with E-state index < -0.39 is 21.8 Å². The topological polar surface area (TPSA) is 73.2 Å². The highest BCUT2D eigenvalue weighted by atomic mass is 32.2. The Morgan fingerprint density at radius 3 is 2.54 bits per heavy atom. The molecule has 142 valence electrons. The first-order valence-electron chi connectivity index (χ1n) is 8.50. The molecule has 0 aliphatic rings. The number of hydrogen-bond donors (Lipinski definition) is 1. The fourth-order valence-corrected chi connectivity index (χ4v) is 3.38. The van der Waals surface area contributed by atoms with E-state index in [1.165, 1.54) is 7.11 Å². The fourth-order valence-electron chi connectivity index (χ4n) is 2.55. The van der Waals surface area contributed by atoms with Crippen LogP contribution in [0.25, 0.3) is 5.69 Å². The third-order valence-corrected chi connectivity index (χ3v) is 5.54. The van der Waals surface area contributed by atoms with Crippen molar-refractivity contribution in [2.24, 2.45) is 0 Å². The van der Waals surface area contributed by atoms with Gasteiger partial charge in [0.1, 0.15) is 0 Å². The molecule has 1 aromatic carbocycles. The zero-order chi connectivity index (χ0) is 19.5. The molecule has 0 bridgehead atoms. The molecule has 1 heterocycles. The average molecular weight is 378 g/mol. The van der Waals surface area contributed by atoms with Crippen molar-refractivity contribution < 1.29 is 13.7 Å². The summed E-state index contributed by atoms with van der Waals surface area (Å²) >= 11 is 0. The third kappa shape index (κ3) is 5.02. The van der Waals surface area contributed by atoms with Gasteiger partial charge in [0.25, 0.3) is 0 Å². The zero-order valence-electron chi connectivity index (χ0n) is 16.2. The van der Waals surface area contributed by atoms with Crippen LogP contribution in [-0.4, -0.2) is 31.8 Å². The van der Waals surface area contributed by atoms with Gasteiger partial charge in [-0.15, -0.1) is 0 Å². The molecule has 7 heteroatoms. The number of hydrogen-bond acceptors (Lipinski definition) is 4. The van der Waals surface area contributed by atoms with Crippen LogP contribution in [0.15, 0.2) is 30.3 Å². The van der Waals surface area contributed by atoms with Crippen LogP contribution in [0.1, 0.15) is 50.2 Å². The number of aryl methyl sites for hydroxylation is 2. The van der Waals surface area contributed by atoms with Crippen molar-refractivity contribution in [3.05, 3.63) is 47.3 Å². The van der Waals surface area contributed by atoms with Gasteiger partial charge in [0.15, 0.2) is 0 Å². The van der Waals surface area contributed by atoms with Gasteiger partial charge in [-0.05, 0) is 58.4 Å². The van der Waals surface area contributed by atoms with Crippen molar-refractivity contribution in [1.82, 2.24) is 14.5 Å². The van der Waals surface area contributed by atoms with Crippen LogP contribution in [0.2, 0.25) is 0 Å². The highest BCUT2D eigenvalue weighted by Gasteiger charge is 2.25. The number of nitrogens with zero attached hydrogens (tertiary/aromatic N) is 2. The highest BCUT2D eigenvalue weighted by Crippen LogP contribution is 2.23. The lowest BCUT2D eigenvalue weighted by molar-refractivity contribution is -0.141. The van der Waals surface area contributed by atoms with Gasteiger partial charge >= 0.3 is 5.97 Å². The Morgan fingerprint density at radius 1 is 1.31 bits per heavy atom. The lowest BCUT2D eigenvalue weighted by Gasteiger charge is -2.24. The zero-order valence-corrected chi connectivity index (χ0v) is 17.0. The maximum Gasteiger partial charge on any atom is 0.307 e. The van der Waals surface area contributed by atoms with Gasteiger partial charge in [-0.1, -0.05) is 12.1 Å². The Hall–Kier alpha value is -1.99. The van der Waals surface area contributed by atoms with Crippen LogP contribution in [0, 0.1) is 13.8 Å². The Balaban J connectivity index is 2.38. The summed E-state index contributed by atoms with van der Waals surface area (Å²) in [4.78, 5) is 11.9. The number of benzene rings is 1. The van der Waals surface area contributed by atoms with E-state index in [0.717, 1.165) is 22.6 Å². The number of nitrogens with one attached hydrogen (secondary N) is 1. The predicted molar refractivity (Wildman–Crippen MR) is 103 cm³/mol. The van der Waals surface area contributed by atoms with Crippen LogP contribution in [0.3, 0.4) is 0 Å². The maximum atomic E-state index is 12.6. The summed E-state index contributed by atoms with van der Waals surface area (Å²) in [5.41, 5.74) is 3.71.